The predicted molar refractivity (Wildman–Crippen MR) is 82.4 cm³/mol. The standard InChI is InChI=1S/C12H14BrN3S2/c1-2-7-14-12-15-11(16-18-12)8-17-10-5-3-9(13)4-6-10/h3-6H,2,7-8H2,1H3,(H,14,15,16). The Morgan fingerprint density at radius 1 is 1.33 bits per heavy atom. The van der Waals surface area contributed by atoms with Crippen LogP contribution in [-0.4, -0.2) is 15.9 Å². The largest absolute Gasteiger partial charge is 0.360 e. The predicted octanol–water partition coefficient (Wildman–Crippen LogP) is 4.41. The summed E-state index contributed by atoms with van der Waals surface area (Å²) in [6.45, 7) is 3.09. The summed E-state index contributed by atoms with van der Waals surface area (Å²) in [4.78, 5) is 5.68. The Labute approximate surface area is 124 Å². The minimum Gasteiger partial charge on any atom is -0.360 e. The van der Waals surface area contributed by atoms with Gasteiger partial charge in [-0.15, -0.1) is 11.8 Å². The van der Waals surface area contributed by atoms with E-state index in [1.807, 2.05) is 12.1 Å². The highest BCUT2D eigenvalue weighted by molar-refractivity contribution is 9.10. The van der Waals surface area contributed by atoms with Crippen molar-refractivity contribution in [2.75, 3.05) is 11.9 Å². The average Bonchev–Trinajstić information content (AvgIpc) is 2.84. The number of nitrogens with zero attached hydrogens (tertiary/aromatic N) is 2. The number of benzene rings is 1. The molecule has 0 aliphatic heterocycles. The van der Waals surface area contributed by atoms with Crippen molar-refractivity contribution in [1.29, 1.82) is 0 Å². The maximum absolute atomic E-state index is 4.45. The Balaban J connectivity index is 1.86. The lowest BCUT2D eigenvalue weighted by atomic mass is 10.4. The highest BCUT2D eigenvalue weighted by Crippen LogP contribution is 2.24. The number of thioether (sulfide) groups is 1. The number of halogens is 1. The zero-order valence-corrected chi connectivity index (χ0v) is 13.2. The zero-order valence-electron chi connectivity index (χ0n) is 10.0. The van der Waals surface area contributed by atoms with Crippen LogP contribution in [0.3, 0.4) is 0 Å². The van der Waals surface area contributed by atoms with Gasteiger partial charge in [0.25, 0.3) is 0 Å². The normalized spacial score (nSPS) is 10.6. The Kier molecular flexibility index (Phi) is 5.46. The molecule has 96 valence electrons. The van der Waals surface area contributed by atoms with E-state index >= 15 is 0 Å². The number of rotatable bonds is 6. The number of aromatic nitrogens is 2. The van der Waals surface area contributed by atoms with Crippen molar-refractivity contribution in [1.82, 2.24) is 9.36 Å². The van der Waals surface area contributed by atoms with Crippen LogP contribution in [-0.2, 0) is 5.75 Å². The van der Waals surface area contributed by atoms with Gasteiger partial charge >= 0.3 is 0 Å². The summed E-state index contributed by atoms with van der Waals surface area (Å²) in [6, 6.07) is 8.28. The summed E-state index contributed by atoms with van der Waals surface area (Å²) in [7, 11) is 0. The molecule has 2 aromatic rings. The molecule has 0 radical (unpaired) electrons. The molecule has 1 aromatic carbocycles. The Bertz CT molecular complexity index is 484. The molecule has 3 nitrogen and oxygen atoms in total. The molecule has 0 aliphatic rings. The molecule has 0 aliphatic carbocycles. The SMILES string of the molecule is CCCNc1nc(CSc2ccc(Br)cc2)ns1. The van der Waals surface area contributed by atoms with Gasteiger partial charge in [-0.25, -0.2) is 4.98 Å². The lowest BCUT2D eigenvalue weighted by Crippen LogP contribution is -1.98. The van der Waals surface area contributed by atoms with Crippen molar-refractivity contribution in [2.24, 2.45) is 0 Å². The molecule has 0 unspecified atom stereocenters. The van der Waals surface area contributed by atoms with Crippen molar-refractivity contribution < 1.29 is 0 Å². The number of hydrogen-bond donors (Lipinski definition) is 1. The van der Waals surface area contributed by atoms with Crippen molar-refractivity contribution >= 4 is 44.4 Å². The van der Waals surface area contributed by atoms with E-state index in [0.717, 1.165) is 34.1 Å². The van der Waals surface area contributed by atoms with Gasteiger partial charge in [0, 0.05) is 27.4 Å². The highest BCUT2D eigenvalue weighted by atomic mass is 79.9. The van der Waals surface area contributed by atoms with Crippen LogP contribution >= 0.6 is 39.2 Å². The molecular weight excluding hydrogens is 330 g/mol. The molecule has 18 heavy (non-hydrogen) atoms. The van der Waals surface area contributed by atoms with Crippen LogP contribution in [0.1, 0.15) is 19.2 Å². The second-order valence-electron chi connectivity index (χ2n) is 3.69. The molecular formula is C12H14BrN3S2. The number of nitrogens with one attached hydrogen (secondary N) is 1. The summed E-state index contributed by atoms with van der Waals surface area (Å²) in [5, 5.41) is 4.17. The van der Waals surface area contributed by atoms with E-state index in [1.54, 1.807) is 11.8 Å². The highest BCUT2D eigenvalue weighted by Gasteiger charge is 2.04. The van der Waals surface area contributed by atoms with Gasteiger partial charge in [-0.3, -0.25) is 0 Å². The van der Waals surface area contributed by atoms with E-state index in [9.17, 15) is 0 Å². The molecule has 0 atom stereocenters. The summed E-state index contributed by atoms with van der Waals surface area (Å²) in [6.07, 6.45) is 1.10. The fourth-order valence-electron chi connectivity index (χ4n) is 1.30. The first-order valence-electron chi connectivity index (χ1n) is 5.72. The maximum Gasteiger partial charge on any atom is 0.202 e. The lowest BCUT2D eigenvalue weighted by Gasteiger charge is -1.99. The van der Waals surface area contributed by atoms with Gasteiger partial charge in [0.15, 0.2) is 5.82 Å². The van der Waals surface area contributed by atoms with Gasteiger partial charge in [-0.2, -0.15) is 4.37 Å². The van der Waals surface area contributed by atoms with Gasteiger partial charge in [0.1, 0.15) is 0 Å². The van der Waals surface area contributed by atoms with E-state index in [-0.39, 0.29) is 0 Å². The van der Waals surface area contributed by atoms with Crippen molar-refractivity contribution in [3.05, 3.63) is 34.6 Å². The van der Waals surface area contributed by atoms with Gasteiger partial charge in [-0.1, -0.05) is 22.9 Å². The third-order valence-corrected chi connectivity index (χ3v) is 4.42. The molecule has 0 saturated heterocycles. The van der Waals surface area contributed by atoms with E-state index in [4.69, 9.17) is 0 Å². The zero-order chi connectivity index (χ0) is 12.8. The monoisotopic (exact) mass is 343 g/mol. The third-order valence-electron chi connectivity index (χ3n) is 2.18. The van der Waals surface area contributed by atoms with Gasteiger partial charge < -0.3 is 5.32 Å². The Morgan fingerprint density at radius 2 is 2.11 bits per heavy atom. The van der Waals surface area contributed by atoms with Gasteiger partial charge in [-0.05, 0) is 30.7 Å². The quantitative estimate of drug-likeness (QED) is 0.788. The summed E-state index contributed by atoms with van der Waals surface area (Å²) in [5.41, 5.74) is 0. The Hall–Kier alpha value is -0.590. The molecule has 0 amide bonds. The third kappa shape index (κ3) is 4.26. The molecule has 0 bridgehead atoms. The van der Waals surface area contributed by atoms with Gasteiger partial charge in [0.05, 0.1) is 5.75 Å². The maximum atomic E-state index is 4.45. The van der Waals surface area contributed by atoms with Crippen LogP contribution in [0.5, 0.6) is 0 Å². The molecule has 6 heteroatoms. The lowest BCUT2D eigenvalue weighted by molar-refractivity contribution is 0.972. The molecule has 1 aromatic heterocycles. The number of hydrogen-bond acceptors (Lipinski definition) is 5. The van der Waals surface area contributed by atoms with Crippen LogP contribution in [0.2, 0.25) is 0 Å². The molecule has 0 spiro atoms. The minimum absolute atomic E-state index is 0.811. The summed E-state index contributed by atoms with van der Waals surface area (Å²) < 4.78 is 5.44. The van der Waals surface area contributed by atoms with Crippen LogP contribution in [0.15, 0.2) is 33.6 Å². The van der Waals surface area contributed by atoms with Crippen LogP contribution in [0.25, 0.3) is 0 Å². The van der Waals surface area contributed by atoms with Crippen molar-refractivity contribution in [3.8, 4) is 0 Å². The van der Waals surface area contributed by atoms with E-state index in [0.29, 0.717) is 0 Å². The Morgan fingerprint density at radius 3 is 2.83 bits per heavy atom. The fourth-order valence-corrected chi connectivity index (χ4v) is 3.00. The van der Waals surface area contributed by atoms with Crippen molar-refractivity contribution in [2.45, 2.75) is 24.0 Å². The van der Waals surface area contributed by atoms with E-state index < -0.39 is 0 Å². The second kappa shape index (κ2) is 7.11. The second-order valence-corrected chi connectivity index (χ2v) is 6.40. The van der Waals surface area contributed by atoms with Crippen molar-refractivity contribution in [3.63, 3.8) is 0 Å². The topological polar surface area (TPSA) is 37.8 Å². The average molecular weight is 344 g/mol. The molecule has 0 saturated carbocycles. The van der Waals surface area contributed by atoms with Crippen LogP contribution < -0.4 is 5.32 Å². The molecule has 1 heterocycles. The molecule has 1 N–H and O–H groups in total. The first-order valence-corrected chi connectivity index (χ1v) is 8.28. The van der Waals surface area contributed by atoms with Gasteiger partial charge in [0.2, 0.25) is 5.13 Å². The van der Waals surface area contributed by atoms with Crippen LogP contribution in [0, 0.1) is 0 Å². The smallest absolute Gasteiger partial charge is 0.202 e. The fraction of sp³-hybridized carbons (Fsp3) is 0.333. The van der Waals surface area contributed by atoms with E-state index in [2.05, 4.69) is 49.7 Å². The number of anilines is 1. The summed E-state index contributed by atoms with van der Waals surface area (Å²) >= 11 is 6.61. The van der Waals surface area contributed by atoms with E-state index in [1.165, 1.54) is 16.4 Å². The van der Waals surface area contributed by atoms with Crippen LogP contribution in [0.4, 0.5) is 5.13 Å². The molecule has 0 fully saturated rings. The first-order chi connectivity index (χ1) is 8.78. The summed E-state index contributed by atoms with van der Waals surface area (Å²) in [5.74, 6) is 1.71. The first kappa shape index (κ1) is 13.8. The molecule has 2 rings (SSSR count). The minimum atomic E-state index is 0.811.